The van der Waals surface area contributed by atoms with Crippen molar-refractivity contribution in [2.24, 2.45) is 4.99 Å². The van der Waals surface area contributed by atoms with Gasteiger partial charge < -0.3 is 14.2 Å². The molecule has 0 aliphatic carbocycles. The van der Waals surface area contributed by atoms with Crippen LogP contribution in [-0.2, 0) is 9.53 Å². The normalized spacial score (nSPS) is 15.3. The molecule has 1 aliphatic rings. The Morgan fingerprint density at radius 3 is 2.67 bits per heavy atom. The number of carbonyl (C=O) groups is 1. The molecule has 0 fully saturated rings. The van der Waals surface area contributed by atoms with Gasteiger partial charge in [0.25, 0.3) is 5.56 Å². The van der Waals surface area contributed by atoms with Crippen LogP contribution in [0.3, 0.4) is 0 Å². The highest BCUT2D eigenvalue weighted by molar-refractivity contribution is 7.07. The summed E-state index contributed by atoms with van der Waals surface area (Å²) in [5.74, 6) is 0.573. The summed E-state index contributed by atoms with van der Waals surface area (Å²) in [6.45, 7) is 4.69. The predicted molar refractivity (Wildman–Crippen MR) is 124 cm³/mol. The molecule has 3 heterocycles. The number of benzene rings is 1. The van der Waals surface area contributed by atoms with E-state index in [0.717, 1.165) is 5.56 Å². The van der Waals surface area contributed by atoms with Gasteiger partial charge in [0.05, 0.1) is 36.5 Å². The Balaban J connectivity index is 1.91. The maximum Gasteiger partial charge on any atom is 0.337 e. The number of carbonyl (C=O) groups excluding carboxylic acids is 1. The average Bonchev–Trinajstić information content (AvgIpc) is 3.15. The van der Waals surface area contributed by atoms with Gasteiger partial charge in [0.1, 0.15) is 0 Å². The van der Waals surface area contributed by atoms with E-state index >= 15 is 0 Å². The van der Waals surface area contributed by atoms with Gasteiger partial charge in [-0.1, -0.05) is 23.5 Å². The molecule has 4 rings (SSSR count). The Labute approximate surface area is 194 Å². The first-order valence-corrected chi connectivity index (χ1v) is 11.3. The first-order valence-electron chi connectivity index (χ1n) is 10.5. The molecule has 0 saturated carbocycles. The number of thiazole rings is 1. The Hall–Kier alpha value is -3.72. The molecule has 0 N–H and O–H groups in total. The molecule has 8 nitrogen and oxygen atoms in total. The van der Waals surface area contributed by atoms with Crippen molar-refractivity contribution in [3.63, 3.8) is 0 Å². The van der Waals surface area contributed by atoms with Gasteiger partial charge in [-0.25, -0.2) is 9.79 Å². The van der Waals surface area contributed by atoms with Crippen LogP contribution < -0.4 is 24.4 Å². The third kappa shape index (κ3) is 4.45. The van der Waals surface area contributed by atoms with E-state index in [4.69, 9.17) is 14.2 Å². The Morgan fingerprint density at radius 2 is 1.97 bits per heavy atom. The quantitative estimate of drug-likeness (QED) is 0.497. The Morgan fingerprint density at radius 1 is 1.18 bits per heavy atom. The SMILES string of the molecule is CCOc1ccc([C@H]2C(C(=O)OC)=CN=c3s/c(=C\c4cccnc4)c(=O)n32)cc1OCC. The topological polar surface area (TPSA) is 92.0 Å². The van der Waals surface area contributed by atoms with Gasteiger partial charge in [0, 0.05) is 18.6 Å². The number of hydrogen-bond donors (Lipinski definition) is 0. The minimum atomic E-state index is -0.723. The zero-order valence-corrected chi connectivity index (χ0v) is 19.3. The third-order valence-electron chi connectivity index (χ3n) is 4.99. The van der Waals surface area contributed by atoms with Crippen LogP contribution in [0.4, 0.5) is 0 Å². The van der Waals surface area contributed by atoms with Crippen LogP contribution in [0.1, 0.15) is 31.0 Å². The van der Waals surface area contributed by atoms with E-state index in [1.54, 1.807) is 36.7 Å². The first kappa shape index (κ1) is 22.5. The number of ether oxygens (including phenoxy) is 3. The lowest BCUT2D eigenvalue weighted by molar-refractivity contribution is -0.136. The molecule has 33 heavy (non-hydrogen) atoms. The molecule has 3 aromatic rings. The van der Waals surface area contributed by atoms with Crippen molar-refractivity contribution in [3.05, 3.63) is 85.3 Å². The maximum absolute atomic E-state index is 13.5. The van der Waals surface area contributed by atoms with Crippen molar-refractivity contribution in [1.82, 2.24) is 9.55 Å². The van der Waals surface area contributed by atoms with Gasteiger partial charge in [-0.3, -0.25) is 14.3 Å². The van der Waals surface area contributed by atoms with Crippen molar-refractivity contribution >= 4 is 23.4 Å². The monoisotopic (exact) mass is 465 g/mol. The van der Waals surface area contributed by atoms with Crippen LogP contribution in [0.25, 0.3) is 6.08 Å². The van der Waals surface area contributed by atoms with E-state index in [2.05, 4.69) is 9.98 Å². The minimum absolute atomic E-state index is 0.254. The molecule has 0 spiro atoms. The second-order valence-corrected chi connectivity index (χ2v) is 8.04. The number of nitrogens with zero attached hydrogens (tertiary/aromatic N) is 3. The second-order valence-electron chi connectivity index (χ2n) is 7.03. The molecular formula is C24H23N3O5S. The molecule has 0 amide bonds. The van der Waals surface area contributed by atoms with Crippen LogP contribution in [0.5, 0.6) is 11.5 Å². The number of pyridine rings is 1. The molecular weight excluding hydrogens is 442 g/mol. The molecule has 0 bridgehead atoms. The number of methoxy groups -OCH3 is 1. The molecule has 170 valence electrons. The number of fused-ring (bicyclic) bond motifs is 1. The summed E-state index contributed by atoms with van der Waals surface area (Å²) in [4.78, 5) is 35.0. The molecule has 1 aromatic carbocycles. The zero-order valence-electron chi connectivity index (χ0n) is 18.5. The van der Waals surface area contributed by atoms with Crippen LogP contribution >= 0.6 is 11.3 Å². The Bertz CT molecular complexity index is 1380. The fourth-order valence-corrected chi connectivity index (χ4v) is 4.57. The summed E-state index contributed by atoms with van der Waals surface area (Å²) in [5, 5.41) is 0. The van der Waals surface area contributed by atoms with Crippen molar-refractivity contribution in [2.75, 3.05) is 20.3 Å². The highest BCUT2D eigenvalue weighted by Crippen LogP contribution is 2.35. The number of rotatable bonds is 7. The average molecular weight is 466 g/mol. The second kappa shape index (κ2) is 9.83. The van der Waals surface area contributed by atoms with Gasteiger partial charge >= 0.3 is 5.97 Å². The van der Waals surface area contributed by atoms with E-state index < -0.39 is 12.0 Å². The highest BCUT2D eigenvalue weighted by atomic mass is 32.1. The summed E-state index contributed by atoms with van der Waals surface area (Å²) >= 11 is 1.25. The van der Waals surface area contributed by atoms with Crippen molar-refractivity contribution in [1.29, 1.82) is 0 Å². The zero-order chi connectivity index (χ0) is 23.4. The molecule has 0 saturated heterocycles. The minimum Gasteiger partial charge on any atom is -0.490 e. The summed E-state index contributed by atoms with van der Waals surface area (Å²) in [6, 6.07) is 8.34. The Kier molecular flexibility index (Phi) is 6.69. The van der Waals surface area contributed by atoms with Gasteiger partial charge in [-0.15, -0.1) is 0 Å². The fourth-order valence-electron chi connectivity index (χ4n) is 3.60. The van der Waals surface area contributed by atoms with Crippen molar-refractivity contribution < 1.29 is 19.0 Å². The summed E-state index contributed by atoms with van der Waals surface area (Å²) < 4.78 is 18.4. The summed E-state index contributed by atoms with van der Waals surface area (Å²) in [7, 11) is 1.30. The molecule has 9 heteroatoms. The summed E-state index contributed by atoms with van der Waals surface area (Å²) in [5.41, 5.74) is 1.48. The third-order valence-corrected chi connectivity index (χ3v) is 5.99. The number of aromatic nitrogens is 2. The van der Waals surface area contributed by atoms with Crippen LogP contribution in [0.15, 0.2) is 64.3 Å². The van der Waals surface area contributed by atoms with Gasteiger partial charge in [0.15, 0.2) is 16.3 Å². The lowest BCUT2D eigenvalue weighted by Crippen LogP contribution is -2.39. The smallest absolute Gasteiger partial charge is 0.337 e. The van der Waals surface area contributed by atoms with E-state index in [9.17, 15) is 9.59 Å². The standard InChI is InChI=1S/C24H23N3O5S/c1-4-31-18-9-8-16(12-19(18)32-5-2)21-17(23(29)30-3)14-26-24-27(21)22(28)20(33-24)11-15-7-6-10-25-13-15/h6-14,21H,4-5H2,1-3H3/b20-11-/t21-/m0/s1. The molecule has 1 aliphatic heterocycles. The lowest BCUT2D eigenvalue weighted by atomic mass is 9.97. The summed E-state index contributed by atoms with van der Waals surface area (Å²) in [6.07, 6.45) is 6.58. The van der Waals surface area contributed by atoms with E-state index in [1.165, 1.54) is 29.2 Å². The fraction of sp³-hybridized carbons (Fsp3) is 0.250. The van der Waals surface area contributed by atoms with Gasteiger partial charge in [-0.05, 0) is 49.2 Å². The van der Waals surface area contributed by atoms with Gasteiger partial charge in [-0.2, -0.15) is 0 Å². The molecule has 0 unspecified atom stereocenters. The number of esters is 1. The van der Waals surface area contributed by atoms with E-state index in [-0.39, 0.29) is 11.1 Å². The highest BCUT2D eigenvalue weighted by Gasteiger charge is 2.31. The van der Waals surface area contributed by atoms with E-state index in [0.29, 0.717) is 39.6 Å². The van der Waals surface area contributed by atoms with Crippen LogP contribution in [0.2, 0.25) is 0 Å². The largest absolute Gasteiger partial charge is 0.490 e. The van der Waals surface area contributed by atoms with Crippen molar-refractivity contribution in [3.8, 4) is 11.5 Å². The number of hydrogen-bond acceptors (Lipinski definition) is 8. The first-order chi connectivity index (χ1) is 16.1. The molecule has 2 aromatic heterocycles. The van der Waals surface area contributed by atoms with Crippen LogP contribution in [0, 0.1) is 0 Å². The van der Waals surface area contributed by atoms with Crippen molar-refractivity contribution in [2.45, 2.75) is 19.9 Å². The predicted octanol–water partition coefficient (Wildman–Crippen LogP) is 2.21. The molecule has 0 radical (unpaired) electrons. The molecule has 1 atom stereocenters. The maximum atomic E-state index is 13.5. The lowest BCUT2D eigenvalue weighted by Gasteiger charge is -2.23. The van der Waals surface area contributed by atoms with Crippen LogP contribution in [-0.4, -0.2) is 35.8 Å². The van der Waals surface area contributed by atoms with E-state index in [1.807, 2.05) is 26.0 Å². The van der Waals surface area contributed by atoms with Gasteiger partial charge in [0.2, 0.25) is 0 Å².